The van der Waals surface area contributed by atoms with Gasteiger partial charge in [0, 0.05) is 11.8 Å². The number of rotatable bonds is 6. The highest BCUT2D eigenvalue weighted by Crippen LogP contribution is 2.19. The van der Waals surface area contributed by atoms with E-state index in [9.17, 15) is 0 Å². The summed E-state index contributed by atoms with van der Waals surface area (Å²) < 4.78 is 5.83. The lowest BCUT2D eigenvalue weighted by molar-refractivity contribution is 0.306. The van der Waals surface area contributed by atoms with Crippen LogP contribution in [0.1, 0.15) is 17.1 Å². The highest BCUT2D eigenvalue weighted by molar-refractivity contribution is 5.48. The fourth-order valence-corrected chi connectivity index (χ4v) is 2.20. The first-order chi connectivity index (χ1) is 10.8. The summed E-state index contributed by atoms with van der Waals surface area (Å²) in [4.78, 5) is 7.39. The Bertz CT molecular complexity index is 722. The number of aryl methyl sites for hydroxylation is 1. The molecule has 4 heteroatoms. The summed E-state index contributed by atoms with van der Waals surface area (Å²) in [5, 5.41) is 3.36. The highest BCUT2D eigenvalue weighted by Gasteiger charge is 2.00. The lowest BCUT2D eigenvalue weighted by atomic mass is 10.2. The number of hydrogen-bond donors (Lipinski definition) is 2. The molecule has 0 fully saturated rings. The van der Waals surface area contributed by atoms with Gasteiger partial charge in [0.2, 0.25) is 0 Å². The molecule has 0 aliphatic heterocycles. The van der Waals surface area contributed by atoms with Gasteiger partial charge >= 0.3 is 0 Å². The van der Waals surface area contributed by atoms with Gasteiger partial charge in [0.05, 0.1) is 18.4 Å². The third kappa shape index (κ3) is 3.88. The number of H-pyrrole nitrogens is 1. The van der Waals surface area contributed by atoms with Crippen molar-refractivity contribution in [2.75, 3.05) is 5.32 Å². The number of nitrogens with zero attached hydrogens (tertiary/aromatic N) is 1. The Morgan fingerprint density at radius 1 is 1.09 bits per heavy atom. The largest absolute Gasteiger partial charge is 0.489 e. The third-order valence-corrected chi connectivity index (χ3v) is 3.32. The lowest BCUT2D eigenvalue weighted by Gasteiger charge is -2.09. The molecule has 1 aromatic heterocycles. The van der Waals surface area contributed by atoms with Crippen LogP contribution >= 0.6 is 0 Å². The van der Waals surface area contributed by atoms with E-state index in [0.29, 0.717) is 13.2 Å². The predicted octanol–water partition coefficient (Wildman–Crippen LogP) is 3.91. The molecule has 0 aliphatic carbocycles. The second-order valence-electron chi connectivity index (χ2n) is 5.15. The van der Waals surface area contributed by atoms with E-state index < -0.39 is 0 Å². The van der Waals surface area contributed by atoms with Crippen molar-refractivity contribution >= 4 is 5.69 Å². The van der Waals surface area contributed by atoms with Gasteiger partial charge in [-0.15, -0.1) is 0 Å². The molecule has 0 unspecified atom stereocenters. The Morgan fingerprint density at radius 3 is 2.73 bits per heavy atom. The van der Waals surface area contributed by atoms with E-state index in [4.69, 9.17) is 4.74 Å². The maximum atomic E-state index is 5.83. The molecule has 0 atom stereocenters. The van der Waals surface area contributed by atoms with Gasteiger partial charge < -0.3 is 15.0 Å². The van der Waals surface area contributed by atoms with Crippen LogP contribution in [0.2, 0.25) is 0 Å². The molecule has 0 saturated heterocycles. The van der Waals surface area contributed by atoms with Crippen molar-refractivity contribution < 1.29 is 4.74 Å². The van der Waals surface area contributed by atoms with Crippen LogP contribution < -0.4 is 10.1 Å². The number of aromatic nitrogens is 2. The quantitative estimate of drug-likeness (QED) is 0.724. The standard InChI is InChI=1S/C18H19N3O/c1-14-19-11-17(21-14)12-20-16-8-5-9-18(10-16)22-13-15-6-3-2-4-7-15/h2-11,20H,12-13H2,1H3,(H,19,21). The van der Waals surface area contributed by atoms with Crippen molar-refractivity contribution in [2.45, 2.75) is 20.1 Å². The predicted molar refractivity (Wildman–Crippen MR) is 87.9 cm³/mol. The van der Waals surface area contributed by atoms with Crippen molar-refractivity contribution in [3.8, 4) is 5.75 Å². The number of imidazole rings is 1. The fraction of sp³-hybridized carbons (Fsp3) is 0.167. The first kappa shape index (κ1) is 14.2. The van der Waals surface area contributed by atoms with Gasteiger partial charge in [-0.05, 0) is 24.6 Å². The molecule has 0 saturated carbocycles. The number of hydrogen-bond acceptors (Lipinski definition) is 3. The minimum absolute atomic E-state index is 0.573. The molecule has 2 N–H and O–H groups in total. The molecule has 0 bridgehead atoms. The zero-order valence-corrected chi connectivity index (χ0v) is 12.5. The summed E-state index contributed by atoms with van der Waals surface area (Å²) in [5.41, 5.74) is 3.25. The van der Waals surface area contributed by atoms with Gasteiger partial charge in [0.25, 0.3) is 0 Å². The molecule has 22 heavy (non-hydrogen) atoms. The Kier molecular flexibility index (Phi) is 4.39. The van der Waals surface area contributed by atoms with Gasteiger partial charge in [-0.2, -0.15) is 0 Å². The summed E-state index contributed by atoms with van der Waals surface area (Å²) in [5.74, 6) is 1.78. The Morgan fingerprint density at radius 2 is 1.95 bits per heavy atom. The van der Waals surface area contributed by atoms with Crippen LogP contribution in [0, 0.1) is 6.92 Å². The zero-order valence-electron chi connectivity index (χ0n) is 12.5. The third-order valence-electron chi connectivity index (χ3n) is 3.32. The maximum absolute atomic E-state index is 5.83. The Labute approximate surface area is 130 Å². The van der Waals surface area contributed by atoms with E-state index in [0.717, 1.165) is 28.5 Å². The SMILES string of the molecule is Cc1ncc(CNc2cccc(OCc3ccccc3)c2)[nH]1. The lowest BCUT2D eigenvalue weighted by Crippen LogP contribution is -2.00. The van der Waals surface area contributed by atoms with Gasteiger partial charge in [-0.3, -0.25) is 0 Å². The first-order valence-corrected chi connectivity index (χ1v) is 7.31. The van der Waals surface area contributed by atoms with Crippen molar-refractivity contribution in [2.24, 2.45) is 0 Å². The highest BCUT2D eigenvalue weighted by atomic mass is 16.5. The average Bonchev–Trinajstić information content (AvgIpc) is 2.98. The summed E-state index contributed by atoms with van der Waals surface area (Å²) in [7, 11) is 0. The first-order valence-electron chi connectivity index (χ1n) is 7.31. The number of nitrogens with one attached hydrogen (secondary N) is 2. The topological polar surface area (TPSA) is 49.9 Å². The van der Waals surface area contributed by atoms with Crippen LogP contribution in [-0.4, -0.2) is 9.97 Å². The van der Waals surface area contributed by atoms with Crippen LogP contribution in [-0.2, 0) is 13.2 Å². The molecule has 0 spiro atoms. The number of benzene rings is 2. The molecule has 1 heterocycles. The monoisotopic (exact) mass is 293 g/mol. The van der Waals surface area contributed by atoms with Crippen LogP contribution in [0.4, 0.5) is 5.69 Å². The van der Waals surface area contributed by atoms with Gasteiger partial charge in [-0.1, -0.05) is 36.4 Å². The van der Waals surface area contributed by atoms with Gasteiger partial charge in [0.1, 0.15) is 18.2 Å². The van der Waals surface area contributed by atoms with Crippen molar-refractivity contribution in [3.05, 3.63) is 77.9 Å². The van der Waals surface area contributed by atoms with Crippen molar-refractivity contribution in [3.63, 3.8) is 0 Å². The molecule has 3 aromatic rings. The minimum Gasteiger partial charge on any atom is -0.489 e. The maximum Gasteiger partial charge on any atom is 0.121 e. The van der Waals surface area contributed by atoms with E-state index in [1.54, 1.807) is 0 Å². The van der Waals surface area contributed by atoms with Crippen molar-refractivity contribution in [1.82, 2.24) is 9.97 Å². The van der Waals surface area contributed by atoms with E-state index in [2.05, 4.69) is 27.4 Å². The summed E-state index contributed by atoms with van der Waals surface area (Å²) in [6.07, 6.45) is 1.85. The number of ether oxygens (including phenoxy) is 1. The molecular weight excluding hydrogens is 274 g/mol. The molecule has 0 aliphatic rings. The van der Waals surface area contributed by atoms with Crippen LogP contribution in [0.5, 0.6) is 5.75 Å². The van der Waals surface area contributed by atoms with E-state index in [1.165, 1.54) is 0 Å². The second kappa shape index (κ2) is 6.80. The zero-order chi connectivity index (χ0) is 15.2. The number of aromatic amines is 1. The minimum atomic E-state index is 0.573. The normalized spacial score (nSPS) is 10.4. The fourth-order valence-electron chi connectivity index (χ4n) is 2.20. The molecule has 112 valence electrons. The van der Waals surface area contributed by atoms with Crippen LogP contribution in [0.15, 0.2) is 60.8 Å². The van der Waals surface area contributed by atoms with Crippen LogP contribution in [0.3, 0.4) is 0 Å². The Balaban J connectivity index is 1.57. The average molecular weight is 293 g/mol. The smallest absolute Gasteiger partial charge is 0.121 e. The number of anilines is 1. The van der Waals surface area contributed by atoms with Gasteiger partial charge in [0.15, 0.2) is 0 Å². The second-order valence-corrected chi connectivity index (χ2v) is 5.15. The van der Waals surface area contributed by atoms with Crippen molar-refractivity contribution in [1.29, 1.82) is 0 Å². The molecular formula is C18H19N3O. The molecule has 2 aromatic carbocycles. The van der Waals surface area contributed by atoms with E-state index >= 15 is 0 Å². The van der Waals surface area contributed by atoms with Gasteiger partial charge in [-0.25, -0.2) is 4.98 Å². The summed E-state index contributed by atoms with van der Waals surface area (Å²) in [6.45, 7) is 3.23. The Hall–Kier alpha value is -2.75. The van der Waals surface area contributed by atoms with E-state index in [1.807, 2.05) is 55.6 Å². The summed E-state index contributed by atoms with van der Waals surface area (Å²) >= 11 is 0. The molecule has 0 amide bonds. The molecule has 3 rings (SSSR count). The van der Waals surface area contributed by atoms with E-state index in [-0.39, 0.29) is 0 Å². The summed E-state index contributed by atoms with van der Waals surface area (Å²) in [6, 6.07) is 18.1. The molecule has 0 radical (unpaired) electrons. The van der Waals surface area contributed by atoms with Crippen LogP contribution in [0.25, 0.3) is 0 Å². The molecule has 4 nitrogen and oxygen atoms in total.